The van der Waals surface area contributed by atoms with Crippen LogP contribution in [0.5, 0.6) is 0 Å². The number of carbonyl (C=O) groups excluding carboxylic acids is 1. The Kier molecular flexibility index (Phi) is 5.38. The molecule has 0 fully saturated rings. The molecule has 0 aliphatic carbocycles. The number of ether oxygens (including phenoxy) is 1. The largest absolute Gasteiger partial charge is 0.458 e. The second-order valence-corrected chi connectivity index (χ2v) is 8.55. The molecule has 1 atom stereocenters. The molecule has 27 heavy (non-hydrogen) atoms. The van der Waals surface area contributed by atoms with Crippen LogP contribution in [0.1, 0.15) is 37.5 Å². The number of esters is 1. The van der Waals surface area contributed by atoms with Gasteiger partial charge in [-0.15, -0.1) is 11.8 Å². The molecule has 5 heteroatoms. The van der Waals surface area contributed by atoms with Gasteiger partial charge in [0.15, 0.2) is 5.54 Å². The molecule has 0 bridgehead atoms. The Balaban J connectivity index is 1.96. The van der Waals surface area contributed by atoms with E-state index in [0.717, 1.165) is 16.2 Å². The molecule has 0 aromatic heterocycles. The van der Waals surface area contributed by atoms with Gasteiger partial charge in [-0.2, -0.15) is 5.26 Å². The summed E-state index contributed by atoms with van der Waals surface area (Å²) in [5, 5.41) is 9.85. The normalized spacial score (nSPS) is 19.3. The van der Waals surface area contributed by atoms with Crippen molar-refractivity contribution in [3.8, 4) is 6.07 Å². The molecule has 0 radical (unpaired) electrons. The Morgan fingerprint density at radius 3 is 2.44 bits per heavy atom. The van der Waals surface area contributed by atoms with E-state index in [-0.39, 0.29) is 5.97 Å². The van der Waals surface area contributed by atoms with Gasteiger partial charge in [0.2, 0.25) is 0 Å². The smallest absolute Gasteiger partial charge is 0.335 e. The zero-order valence-electron chi connectivity index (χ0n) is 15.7. The van der Waals surface area contributed by atoms with Gasteiger partial charge in [0.1, 0.15) is 5.60 Å². The lowest BCUT2D eigenvalue weighted by Gasteiger charge is -2.28. The molecule has 1 aliphatic heterocycles. The van der Waals surface area contributed by atoms with Crippen LogP contribution in [0.2, 0.25) is 0 Å². The summed E-state index contributed by atoms with van der Waals surface area (Å²) in [6.45, 7) is 5.60. The van der Waals surface area contributed by atoms with Gasteiger partial charge in [0.05, 0.1) is 16.7 Å². The van der Waals surface area contributed by atoms with Crippen molar-refractivity contribution < 1.29 is 9.53 Å². The first kappa shape index (κ1) is 19.2. The predicted molar refractivity (Wildman–Crippen MR) is 109 cm³/mol. The maximum absolute atomic E-state index is 13.1. The molecule has 2 aromatic carbocycles. The lowest BCUT2D eigenvalue weighted by Crippen LogP contribution is -2.44. The molecule has 4 nitrogen and oxygen atoms in total. The zero-order chi connectivity index (χ0) is 19.5. The second-order valence-electron chi connectivity index (χ2n) is 7.59. The third-order valence-electron chi connectivity index (χ3n) is 4.14. The van der Waals surface area contributed by atoms with Crippen LogP contribution in [0.15, 0.2) is 59.6 Å². The number of hydrogen-bond acceptors (Lipinski definition) is 5. The van der Waals surface area contributed by atoms with Crippen molar-refractivity contribution in [2.24, 2.45) is 4.99 Å². The van der Waals surface area contributed by atoms with Crippen molar-refractivity contribution in [2.75, 3.05) is 5.75 Å². The number of thioether (sulfide) groups is 1. The Bertz CT molecular complexity index is 893. The number of nitriles is 1. The van der Waals surface area contributed by atoms with Crippen LogP contribution in [0.3, 0.4) is 0 Å². The van der Waals surface area contributed by atoms with Crippen LogP contribution in [-0.4, -0.2) is 27.9 Å². The minimum Gasteiger partial charge on any atom is -0.458 e. The van der Waals surface area contributed by atoms with Crippen molar-refractivity contribution in [1.29, 1.82) is 5.26 Å². The van der Waals surface area contributed by atoms with E-state index in [1.807, 2.05) is 63.2 Å². The number of carbonyl (C=O) groups is 1. The van der Waals surface area contributed by atoms with E-state index in [4.69, 9.17) is 15.0 Å². The fourth-order valence-electron chi connectivity index (χ4n) is 2.85. The highest BCUT2D eigenvalue weighted by Crippen LogP contribution is 2.36. The summed E-state index contributed by atoms with van der Waals surface area (Å²) in [4.78, 5) is 17.9. The minimum atomic E-state index is -0.961. The molecular formula is C22H22N2O2S. The Morgan fingerprint density at radius 2 is 1.85 bits per heavy atom. The fourth-order valence-corrected chi connectivity index (χ4v) is 4.05. The van der Waals surface area contributed by atoms with Crippen molar-refractivity contribution in [1.82, 2.24) is 0 Å². The van der Waals surface area contributed by atoms with Gasteiger partial charge >= 0.3 is 5.97 Å². The van der Waals surface area contributed by atoms with Gasteiger partial charge in [-0.25, -0.2) is 4.79 Å². The molecule has 1 aliphatic rings. The minimum absolute atomic E-state index is 0.308. The maximum atomic E-state index is 13.1. The predicted octanol–water partition coefficient (Wildman–Crippen LogP) is 4.37. The number of hydrogen-bond donors (Lipinski definition) is 0. The summed E-state index contributed by atoms with van der Waals surface area (Å²) in [7, 11) is 0. The van der Waals surface area contributed by atoms with E-state index in [9.17, 15) is 4.79 Å². The average Bonchev–Trinajstić information content (AvgIpc) is 3.07. The third kappa shape index (κ3) is 4.58. The molecule has 2 aromatic rings. The molecule has 138 valence electrons. The van der Waals surface area contributed by atoms with Crippen LogP contribution in [0, 0.1) is 11.3 Å². The standard InChI is InChI=1S/C22H22N2O2S/c1-21(2,3)26-20(25)22(13-16-9-11-17(14-23)12-10-16)15-27-19(24-22)18-7-5-4-6-8-18/h4-12H,13,15H2,1-3H3/t22-/m0/s1. The Labute approximate surface area is 164 Å². The summed E-state index contributed by atoms with van der Waals surface area (Å²) < 4.78 is 5.71. The Hall–Kier alpha value is -2.58. The number of aliphatic imine (C=N–C) groups is 1. The first-order chi connectivity index (χ1) is 12.8. The topological polar surface area (TPSA) is 62.5 Å². The van der Waals surface area contributed by atoms with Gasteiger partial charge in [0, 0.05) is 17.7 Å². The monoisotopic (exact) mass is 378 g/mol. The van der Waals surface area contributed by atoms with Crippen LogP contribution in [0.4, 0.5) is 0 Å². The number of benzene rings is 2. The Morgan fingerprint density at radius 1 is 1.19 bits per heavy atom. The molecule has 0 unspecified atom stereocenters. The highest BCUT2D eigenvalue weighted by molar-refractivity contribution is 8.14. The fraction of sp³-hybridized carbons (Fsp3) is 0.318. The van der Waals surface area contributed by atoms with Crippen LogP contribution < -0.4 is 0 Å². The molecule has 3 rings (SSSR count). The van der Waals surface area contributed by atoms with Crippen LogP contribution in [-0.2, 0) is 16.0 Å². The van der Waals surface area contributed by atoms with Crippen molar-refractivity contribution in [3.05, 3.63) is 71.3 Å². The molecule has 0 amide bonds. The van der Waals surface area contributed by atoms with E-state index in [1.165, 1.54) is 0 Å². The van der Waals surface area contributed by atoms with Crippen molar-refractivity contribution >= 4 is 22.8 Å². The molecule has 1 heterocycles. The lowest BCUT2D eigenvalue weighted by molar-refractivity contribution is -0.160. The van der Waals surface area contributed by atoms with Gasteiger partial charge in [-0.3, -0.25) is 4.99 Å². The summed E-state index contributed by atoms with van der Waals surface area (Å²) in [5.41, 5.74) is 1.02. The third-order valence-corrected chi connectivity index (χ3v) is 5.36. The highest BCUT2D eigenvalue weighted by atomic mass is 32.2. The van der Waals surface area contributed by atoms with Crippen molar-refractivity contribution in [2.45, 2.75) is 38.3 Å². The first-order valence-corrected chi connectivity index (χ1v) is 9.80. The van der Waals surface area contributed by atoms with Gasteiger partial charge in [-0.1, -0.05) is 42.5 Å². The van der Waals surface area contributed by atoms with E-state index in [1.54, 1.807) is 23.9 Å². The second kappa shape index (κ2) is 7.58. The molecular weight excluding hydrogens is 356 g/mol. The molecule has 0 saturated heterocycles. The summed E-state index contributed by atoms with van der Waals surface area (Å²) in [6, 6.07) is 19.3. The molecule has 0 spiro atoms. The van der Waals surface area contributed by atoms with Gasteiger partial charge < -0.3 is 4.74 Å². The highest BCUT2D eigenvalue weighted by Gasteiger charge is 2.46. The van der Waals surface area contributed by atoms with Crippen LogP contribution >= 0.6 is 11.8 Å². The van der Waals surface area contributed by atoms with Crippen molar-refractivity contribution in [3.63, 3.8) is 0 Å². The summed E-state index contributed by atoms with van der Waals surface area (Å²) >= 11 is 1.58. The van der Waals surface area contributed by atoms with E-state index >= 15 is 0 Å². The molecule has 0 N–H and O–H groups in total. The van der Waals surface area contributed by atoms with E-state index < -0.39 is 11.1 Å². The quantitative estimate of drug-likeness (QED) is 0.741. The zero-order valence-corrected chi connectivity index (χ0v) is 16.5. The molecule has 0 saturated carbocycles. The van der Waals surface area contributed by atoms with Gasteiger partial charge in [-0.05, 0) is 38.5 Å². The SMILES string of the molecule is CC(C)(C)OC(=O)[C@]1(Cc2ccc(C#N)cc2)CSC(c2ccccc2)=N1. The average molecular weight is 378 g/mol. The van der Waals surface area contributed by atoms with Gasteiger partial charge in [0.25, 0.3) is 0 Å². The number of nitrogens with zero attached hydrogens (tertiary/aromatic N) is 2. The first-order valence-electron chi connectivity index (χ1n) is 8.82. The van der Waals surface area contributed by atoms with Crippen LogP contribution in [0.25, 0.3) is 0 Å². The number of rotatable bonds is 4. The summed E-state index contributed by atoms with van der Waals surface area (Å²) in [6.07, 6.45) is 0.441. The summed E-state index contributed by atoms with van der Waals surface area (Å²) in [5.74, 6) is 0.226. The van der Waals surface area contributed by atoms with E-state index in [0.29, 0.717) is 17.7 Å². The lowest BCUT2D eigenvalue weighted by atomic mass is 9.92. The maximum Gasteiger partial charge on any atom is 0.335 e. The van der Waals surface area contributed by atoms with E-state index in [2.05, 4.69) is 6.07 Å².